The fourth-order valence-corrected chi connectivity index (χ4v) is 2.75. The summed E-state index contributed by atoms with van der Waals surface area (Å²) in [5.41, 5.74) is -0.0187. The zero-order valence-corrected chi connectivity index (χ0v) is 14.2. The Morgan fingerprint density at radius 3 is 2.56 bits per heavy atom. The molecule has 3 rings (SSSR count). The van der Waals surface area contributed by atoms with Crippen molar-refractivity contribution in [2.45, 2.75) is 12.7 Å². The number of hydrogen-bond donors (Lipinski definition) is 1. The number of pyridine rings is 1. The predicted octanol–water partition coefficient (Wildman–Crippen LogP) is 2.66. The molecule has 1 saturated heterocycles. The Kier molecular flexibility index (Phi) is 5.29. The number of nitrogens with one attached hydrogen (secondary N) is 1. The summed E-state index contributed by atoms with van der Waals surface area (Å²) in [6, 6.07) is 11.1. The van der Waals surface area contributed by atoms with Gasteiger partial charge in [0, 0.05) is 31.5 Å². The van der Waals surface area contributed by atoms with Crippen molar-refractivity contribution in [3.05, 3.63) is 59.9 Å². The summed E-state index contributed by atoms with van der Waals surface area (Å²) in [6.45, 7) is 0.451. The number of alkyl halides is 3. The summed E-state index contributed by atoms with van der Waals surface area (Å²) < 4.78 is 38.4. The molecule has 1 aliphatic heterocycles. The highest BCUT2D eigenvalue weighted by molar-refractivity contribution is 5.97. The van der Waals surface area contributed by atoms with Crippen LogP contribution in [0.2, 0.25) is 0 Å². The van der Waals surface area contributed by atoms with Gasteiger partial charge in [0.1, 0.15) is 12.2 Å². The topological polar surface area (TPSA) is 65.5 Å². The molecule has 0 saturated carbocycles. The monoisotopic (exact) mass is 378 g/mol. The lowest BCUT2D eigenvalue weighted by Crippen LogP contribution is -2.54. The molecule has 1 fully saturated rings. The summed E-state index contributed by atoms with van der Waals surface area (Å²) in [6.07, 6.45) is -3.57. The first kappa shape index (κ1) is 18.7. The maximum Gasteiger partial charge on any atom is 0.433 e. The van der Waals surface area contributed by atoms with Crippen molar-refractivity contribution in [1.82, 2.24) is 15.2 Å². The molecule has 9 heteroatoms. The van der Waals surface area contributed by atoms with Crippen LogP contribution in [0.25, 0.3) is 0 Å². The van der Waals surface area contributed by atoms with Crippen LogP contribution in [0.4, 0.5) is 23.7 Å². The first-order chi connectivity index (χ1) is 12.8. The number of amides is 3. The van der Waals surface area contributed by atoms with Gasteiger partial charge in [-0.15, -0.1) is 0 Å². The van der Waals surface area contributed by atoms with Gasteiger partial charge in [0.25, 0.3) is 0 Å². The smallest absolute Gasteiger partial charge is 0.334 e. The molecule has 2 heterocycles. The van der Waals surface area contributed by atoms with Crippen LogP contribution < -0.4 is 10.2 Å². The van der Waals surface area contributed by atoms with E-state index in [2.05, 4.69) is 10.3 Å². The van der Waals surface area contributed by atoms with E-state index in [1.807, 2.05) is 30.3 Å². The normalized spacial score (nSPS) is 15.0. The van der Waals surface area contributed by atoms with Crippen molar-refractivity contribution in [3.8, 4) is 0 Å². The van der Waals surface area contributed by atoms with Gasteiger partial charge in [0.15, 0.2) is 0 Å². The van der Waals surface area contributed by atoms with Crippen LogP contribution in [0, 0.1) is 0 Å². The quantitative estimate of drug-likeness (QED) is 0.893. The van der Waals surface area contributed by atoms with E-state index < -0.39 is 23.8 Å². The molecule has 142 valence electrons. The van der Waals surface area contributed by atoms with E-state index in [1.165, 1.54) is 15.9 Å². The largest absolute Gasteiger partial charge is 0.433 e. The van der Waals surface area contributed by atoms with Crippen LogP contribution in [-0.2, 0) is 17.5 Å². The molecular formula is C18H17F3N4O2. The summed E-state index contributed by atoms with van der Waals surface area (Å²) in [7, 11) is 0. The zero-order valence-electron chi connectivity index (χ0n) is 14.2. The van der Waals surface area contributed by atoms with E-state index in [-0.39, 0.29) is 25.3 Å². The highest BCUT2D eigenvalue weighted by Crippen LogP contribution is 2.30. The Labute approximate surface area is 153 Å². The average Bonchev–Trinajstić information content (AvgIpc) is 2.66. The third kappa shape index (κ3) is 4.55. The second-order valence-electron chi connectivity index (χ2n) is 6.01. The van der Waals surface area contributed by atoms with Gasteiger partial charge in [0.05, 0.1) is 0 Å². The Bertz CT molecular complexity index is 827. The van der Waals surface area contributed by atoms with Gasteiger partial charge in [0.2, 0.25) is 5.91 Å². The lowest BCUT2D eigenvalue weighted by Gasteiger charge is -2.34. The number of carbonyl (C=O) groups is 2. The molecule has 6 nitrogen and oxygen atoms in total. The lowest BCUT2D eigenvalue weighted by atomic mass is 10.2. The van der Waals surface area contributed by atoms with Gasteiger partial charge in [-0.1, -0.05) is 30.3 Å². The lowest BCUT2D eigenvalue weighted by molar-refractivity contribution is -0.141. The minimum atomic E-state index is -4.59. The van der Waals surface area contributed by atoms with Crippen LogP contribution in [-0.4, -0.2) is 41.5 Å². The number of rotatable bonds is 3. The van der Waals surface area contributed by atoms with Crippen molar-refractivity contribution in [2.75, 3.05) is 24.5 Å². The van der Waals surface area contributed by atoms with Crippen LogP contribution in [0.5, 0.6) is 0 Å². The molecule has 0 bridgehead atoms. The first-order valence-electron chi connectivity index (χ1n) is 8.25. The van der Waals surface area contributed by atoms with Gasteiger partial charge in [-0.25, -0.2) is 4.79 Å². The molecule has 0 radical (unpaired) electrons. The van der Waals surface area contributed by atoms with Gasteiger partial charge in [-0.2, -0.15) is 13.2 Å². The van der Waals surface area contributed by atoms with Crippen molar-refractivity contribution in [2.24, 2.45) is 0 Å². The SMILES string of the molecule is O=C(NCc1ccccc1)N1CCN(c2ccnc(C(F)(F)F)c2)C(=O)C1. The number of hydrogen-bond acceptors (Lipinski definition) is 3. The zero-order chi connectivity index (χ0) is 19.4. The van der Waals surface area contributed by atoms with Gasteiger partial charge < -0.3 is 15.1 Å². The minimum Gasteiger partial charge on any atom is -0.334 e. The van der Waals surface area contributed by atoms with Crippen LogP contribution in [0.3, 0.4) is 0 Å². The summed E-state index contributed by atoms with van der Waals surface area (Å²) >= 11 is 0. The Hall–Kier alpha value is -3.10. The molecule has 0 atom stereocenters. The second-order valence-corrected chi connectivity index (χ2v) is 6.01. The van der Waals surface area contributed by atoms with E-state index in [1.54, 1.807) is 0 Å². The highest BCUT2D eigenvalue weighted by Gasteiger charge is 2.34. The molecular weight excluding hydrogens is 361 g/mol. The van der Waals surface area contributed by atoms with Crippen molar-refractivity contribution >= 4 is 17.6 Å². The number of carbonyl (C=O) groups excluding carboxylic acids is 2. The molecule has 2 aromatic rings. The van der Waals surface area contributed by atoms with Crippen LogP contribution in [0.15, 0.2) is 48.7 Å². The molecule has 0 unspecified atom stereocenters. The van der Waals surface area contributed by atoms with Crippen LogP contribution >= 0.6 is 0 Å². The fraction of sp³-hybridized carbons (Fsp3) is 0.278. The van der Waals surface area contributed by atoms with E-state index in [0.717, 1.165) is 17.8 Å². The minimum absolute atomic E-state index is 0.110. The molecule has 27 heavy (non-hydrogen) atoms. The van der Waals surface area contributed by atoms with E-state index in [0.29, 0.717) is 6.54 Å². The molecule has 0 aliphatic carbocycles. The summed E-state index contributed by atoms with van der Waals surface area (Å²) in [5, 5.41) is 2.73. The number of nitrogens with zero attached hydrogens (tertiary/aromatic N) is 3. The van der Waals surface area contributed by atoms with Gasteiger partial charge >= 0.3 is 12.2 Å². The van der Waals surface area contributed by atoms with Crippen molar-refractivity contribution in [3.63, 3.8) is 0 Å². The van der Waals surface area contributed by atoms with E-state index in [4.69, 9.17) is 0 Å². The molecule has 1 aromatic heterocycles. The number of urea groups is 1. The number of aromatic nitrogens is 1. The average molecular weight is 378 g/mol. The van der Waals surface area contributed by atoms with E-state index >= 15 is 0 Å². The van der Waals surface area contributed by atoms with Crippen molar-refractivity contribution in [1.29, 1.82) is 0 Å². The molecule has 0 spiro atoms. The number of anilines is 1. The maximum absolute atomic E-state index is 12.8. The second kappa shape index (κ2) is 7.65. The molecule has 1 N–H and O–H groups in total. The van der Waals surface area contributed by atoms with Gasteiger partial charge in [-0.3, -0.25) is 9.78 Å². The van der Waals surface area contributed by atoms with Gasteiger partial charge in [-0.05, 0) is 17.7 Å². The highest BCUT2D eigenvalue weighted by atomic mass is 19.4. The molecule has 3 amide bonds. The third-order valence-electron chi connectivity index (χ3n) is 4.14. The predicted molar refractivity (Wildman–Crippen MR) is 91.8 cm³/mol. The Morgan fingerprint density at radius 1 is 1.15 bits per heavy atom. The summed E-state index contributed by atoms with van der Waals surface area (Å²) in [4.78, 5) is 30.4. The summed E-state index contributed by atoms with van der Waals surface area (Å²) in [5.74, 6) is -0.449. The number of benzene rings is 1. The Balaban J connectivity index is 1.61. The van der Waals surface area contributed by atoms with Crippen LogP contribution in [0.1, 0.15) is 11.3 Å². The molecule has 1 aliphatic rings. The van der Waals surface area contributed by atoms with E-state index in [9.17, 15) is 22.8 Å². The standard InChI is InChI=1S/C18H17F3N4O2/c19-18(20,21)15-10-14(6-7-22-15)25-9-8-24(12-16(25)26)17(27)23-11-13-4-2-1-3-5-13/h1-7,10H,8-9,11-12H2,(H,23,27). The van der Waals surface area contributed by atoms with Crippen molar-refractivity contribution < 1.29 is 22.8 Å². The maximum atomic E-state index is 12.8. The Morgan fingerprint density at radius 2 is 1.89 bits per heavy atom. The fourth-order valence-electron chi connectivity index (χ4n) is 2.75. The first-order valence-corrected chi connectivity index (χ1v) is 8.25. The third-order valence-corrected chi connectivity index (χ3v) is 4.14. The number of halogens is 3. The molecule has 1 aromatic carbocycles. The number of piperazine rings is 1.